The molecule has 0 spiro atoms. The second-order valence-electron chi connectivity index (χ2n) is 5.31. The number of benzene rings is 1. The Morgan fingerprint density at radius 3 is 2.56 bits per heavy atom. The molecule has 3 rings (SSSR count). The van der Waals surface area contributed by atoms with Gasteiger partial charge in [0.1, 0.15) is 0 Å². The molecule has 0 saturated heterocycles. The highest BCUT2D eigenvalue weighted by Crippen LogP contribution is 2.50. The Morgan fingerprint density at radius 2 is 2.00 bits per heavy atom. The smallest absolute Gasteiger partial charge is 0.0640 e. The molecule has 1 heterocycles. The summed E-state index contributed by atoms with van der Waals surface area (Å²) in [6.07, 6.45) is 5.23. The number of nitrogens with zero attached hydrogens (tertiary/aromatic N) is 2. The molecular weight excluding hydrogens is 222 g/mol. The third-order valence-electron chi connectivity index (χ3n) is 4.05. The number of aromatic nitrogens is 2. The van der Waals surface area contributed by atoms with Gasteiger partial charge in [-0.2, -0.15) is 5.10 Å². The molecule has 1 aliphatic rings. The number of hydrogen-bond acceptors (Lipinski definition) is 2. The minimum absolute atomic E-state index is 0.162. The first-order valence-electron chi connectivity index (χ1n) is 6.50. The molecule has 2 aromatic rings. The van der Waals surface area contributed by atoms with Crippen LogP contribution in [0.15, 0.2) is 42.6 Å². The number of hydrogen-bond donors (Lipinski definition) is 1. The lowest BCUT2D eigenvalue weighted by Crippen LogP contribution is -2.37. The van der Waals surface area contributed by atoms with Gasteiger partial charge >= 0.3 is 0 Å². The van der Waals surface area contributed by atoms with Crippen LogP contribution in [0, 0.1) is 0 Å². The van der Waals surface area contributed by atoms with Crippen LogP contribution in [-0.2, 0) is 18.9 Å². The van der Waals surface area contributed by atoms with Crippen molar-refractivity contribution < 1.29 is 0 Å². The van der Waals surface area contributed by atoms with Gasteiger partial charge in [0.05, 0.1) is 5.69 Å². The summed E-state index contributed by atoms with van der Waals surface area (Å²) in [7, 11) is 1.94. The maximum atomic E-state index is 6.44. The van der Waals surface area contributed by atoms with Gasteiger partial charge in [0.25, 0.3) is 0 Å². The molecule has 1 aromatic carbocycles. The first-order valence-corrected chi connectivity index (χ1v) is 6.50. The fourth-order valence-electron chi connectivity index (χ4n) is 2.77. The first kappa shape index (κ1) is 11.5. The van der Waals surface area contributed by atoms with Crippen molar-refractivity contribution in [3.63, 3.8) is 0 Å². The number of aryl methyl sites for hydroxylation is 1. The van der Waals surface area contributed by atoms with Gasteiger partial charge in [-0.1, -0.05) is 30.3 Å². The minimum Gasteiger partial charge on any atom is -0.327 e. The summed E-state index contributed by atoms with van der Waals surface area (Å²) < 4.78 is 1.84. The van der Waals surface area contributed by atoms with Gasteiger partial charge in [-0.05, 0) is 24.5 Å². The van der Waals surface area contributed by atoms with Crippen molar-refractivity contribution in [2.24, 2.45) is 12.8 Å². The van der Waals surface area contributed by atoms with Crippen molar-refractivity contribution in [3.8, 4) is 0 Å². The van der Waals surface area contributed by atoms with Gasteiger partial charge in [-0.25, -0.2) is 0 Å². The van der Waals surface area contributed by atoms with Crippen LogP contribution in [0.5, 0.6) is 0 Å². The van der Waals surface area contributed by atoms with E-state index in [9.17, 15) is 0 Å². The van der Waals surface area contributed by atoms with E-state index in [1.54, 1.807) is 0 Å². The van der Waals surface area contributed by atoms with Crippen LogP contribution in [0.2, 0.25) is 0 Å². The van der Waals surface area contributed by atoms with Crippen molar-refractivity contribution in [2.75, 3.05) is 0 Å². The maximum absolute atomic E-state index is 6.44. The Bertz CT molecular complexity index is 526. The molecule has 1 unspecified atom stereocenters. The summed E-state index contributed by atoms with van der Waals surface area (Å²) >= 11 is 0. The monoisotopic (exact) mass is 241 g/mol. The van der Waals surface area contributed by atoms with E-state index in [4.69, 9.17) is 5.73 Å². The van der Waals surface area contributed by atoms with Gasteiger partial charge in [-0.15, -0.1) is 0 Å². The van der Waals surface area contributed by atoms with Gasteiger partial charge in [0.2, 0.25) is 0 Å². The van der Waals surface area contributed by atoms with Crippen LogP contribution in [0.4, 0.5) is 0 Å². The molecular formula is C15H19N3. The summed E-state index contributed by atoms with van der Waals surface area (Å²) in [5.74, 6) is 0. The van der Waals surface area contributed by atoms with Crippen molar-refractivity contribution in [3.05, 3.63) is 53.9 Å². The Labute approximate surface area is 108 Å². The summed E-state index contributed by atoms with van der Waals surface area (Å²) in [4.78, 5) is 0. The van der Waals surface area contributed by atoms with E-state index < -0.39 is 0 Å². The third kappa shape index (κ3) is 1.95. The molecule has 94 valence electrons. The molecule has 1 fully saturated rings. The van der Waals surface area contributed by atoms with E-state index >= 15 is 0 Å². The zero-order valence-corrected chi connectivity index (χ0v) is 10.7. The molecule has 0 bridgehead atoms. The molecule has 1 aromatic heterocycles. The van der Waals surface area contributed by atoms with Gasteiger partial charge in [0.15, 0.2) is 0 Å². The van der Waals surface area contributed by atoms with E-state index in [0.29, 0.717) is 0 Å². The lowest BCUT2D eigenvalue weighted by molar-refractivity contribution is 0.506. The number of nitrogens with two attached hydrogens (primary N) is 1. The minimum atomic E-state index is 0.162. The Morgan fingerprint density at radius 1 is 1.28 bits per heavy atom. The van der Waals surface area contributed by atoms with Crippen LogP contribution in [0.3, 0.4) is 0 Å². The molecule has 0 amide bonds. The SMILES string of the molecule is Cn1ccc(CC(N)C2(c3ccccc3)CC2)n1. The highest BCUT2D eigenvalue weighted by atomic mass is 15.2. The zero-order valence-electron chi connectivity index (χ0n) is 10.7. The average molecular weight is 241 g/mol. The number of rotatable bonds is 4. The standard InChI is InChI=1S/C15H19N3/c1-18-10-7-13(17-18)11-14(16)15(8-9-15)12-5-3-2-4-6-12/h2-7,10,14H,8-9,11,16H2,1H3. The Kier molecular flexibility index (Phi) is 2.71. The summed E-state index contributed by atoms with van der Waals surface area (Å²) in [5.41, 5.74) is 9.10. The van der Waals surface area contributed by atoms with E-state index in [2.05, 4.69) is 41.5 Å². The van der Waals surface area contributed by atoms with Crippen molar-refractivity contribution in [1.29, 1.82) is 0 Å². The Balaban J connectivity index is 1.78. The predicted molar refractivity (Wildman–Crippen MR) is 72.2 cm³/mol. The van der Waals surface area contributed by atoms with E-state index in [0.717, 1.165) is 12.1 Å². The fraction of sp³-hybridized carbons (Fsp3) is 0.400. The zero-order chi connectivity index (χ0) is 12.6. The first-order chi connectivity index (χ1) is 8.71. The molecule has 1 aliphatic carbocycles. The van der Waals surface area contributed by atoms with Gasteiger partial charge in [0, 0.05) is 31.1 Å². The lowest BCUT2D eigenvalue weighted by Gasteiger charge is -2.23. The van der Waals surface area contributed by atoms with Crippen LogP contribution in [0.1, 0.15) is 24.1 Å². The average Bonchev–Trinajstić information content (AvgIpc) is 3.10. The second-order valence-corrected chi connectivity index (χ2v) is 5.31. The highest BCUT2D eigenvalue weighted by Gasteiger charge is 2.49. The molecule has 3 nitrogen and oxygen atoms in total. The normalized spacial score (nSPS) is 18.6. The molecule has 2 N–H and O–H groups in total. The van der Waals surface area contributed by atoms with Crippen LogP contribution < -0.4 is 5.73 Å². The molecule has 0 aliphatic heterocycles. The topological polar surface area (TPSA) is 43.8 Å². The van der Waals surface area contributed by atoms with Crippen molar-refractivity contribution in [1.82, 2.24) is 9.78 Å². The summed E-state index contributed by atoms with van der Waals surface area (Å²) in [5, 5.41) is 4.42. The van der Waals surface area contributed by atoms with Crippen molar-refractivity contribution >= 4 is 0 Å². The van der Waals surface area contributed by atoms with E-state index in [1.165, 1.54) is 18.4 Å². The van der Waals surface area contributed by atoms with E-state index in [-0.39, 0.29) is 11.5 Å². The molecule has 3 heteroatoms. The largest absolute Gasteiger partial charge is 0.327 e. The lowest BCUT2D eigenvalue weighted by atomic mass is 9.86. The van der Waals surface area contributed by atoms with Crippen molar-refractivity contribution in [2.45, 2.75) is 30.7 Å². The summed E-state index contributed by atoms with van der Waals surface area (Å²) in [6.45, 7) is 0. The van der Waals surface area contributed by atoms with Crippen LogP contribution in [0.25, 0.3) is 0 Å². The third-order valence-corrected chi connectivity index (χ3v) is 4.05. The quantitative estimate of drug-likeness (QED) is 0.890. The van der Waals surface area contributed by atoms with Crippen LogP contribution >= 0.6 is 0 Å². The fourth-order valence-corrected chi connectivity index (χ4v) is 2.77. The molecule has 0 radical (unpaired) electrons. The van der Waals surface area contributed by atoms with Crippen LogP contribution in [-0.4, -0.2) is 15.8 Å². The Hall–Kier alpha value is -1.61. The molecule has 1 saturated carbocycles. The predicted octanol–water partition coefficient (Wildman–Crippen LogP) is 2.02. The van der Waals surface area contributed by atoms with Gasteiger partial charge < -0.3 is 5.73 Å². The summed E-state index contributed by atoms with van der Waals surface area (Å²) in [6, 6.07) is 12.9. The second kappa shape index (κ2) is 4.25. The molecule has 1 atom stereocenters. The maximum Gasteiger partial charge on any atom is 0.0640 e. The van der Waals surface area contributed by atoms with Gasteiger partial charge in [-0.3, -0.25) is 4.68 Å². The highest BCUT2D eigenvalue weighted by molar-refractivity contribution is 5.34. The molecule has 18 heavy (non-hydrogen) atoms. The van der Waals surface area contributed by atoms with E-state index in [1.807, 2.05) is 17.9 Å².